The minimum Gasteiger partial charge on any atom is -0.378 e. The van der Waals surface area contributed by atoms with E-state index in [0.29, 0.717) is 13.1 Å². The van der Waals surface area contributed by atoms with Crippen molar-refractivity contribution in [1.82, 2.24) is 4.90 Å². The molecule has 1 aliphatic rings. The van der Waals surface area contributed by atoms with E-state index in [9.17, 15) is 4.79 Å². The van der Waals surface area contributed by atoms with Crippen LogP contribution in [0.1, 0.15) is 11.1 Å². The van der Waals surface area contributed by atoms with Crippen LogP contribution in [-0.2, 0) is 17.9 Å². The molecule has 1 aliphatic heterocycles. The molecule has 5 nitrogen and oxygen atoms in total. The van der Waals surface area contributed by atoms with E-state index in [1.165, 1.54) is 21.7 Å². The van der Waals surface area contributed by atoms with Crippen molar-refractivity contribution in [2.24, 2.45) is 0 Å². The fraction of sp³-hybridized carbons (Fsp3) is 0.435. The van der Waals surface area contributed by atoms with Crippen molar-refractivity contribution in [2.45, 2.75) is 13.1 Å². The lowest BCUT2D eigenvalue weighted by Gasteiger charge is -2.30. The van der Waals surface area contributed by atoms with Crippen LogP contribution < -0.4 is 14.7 Å². The number of amides is 1. The van der Waals surface area contributed by atoms with Crippen LogP contribution in [-0.4, -0.2) is 64.7 Å². The number of piperazine rings is 1. The summed E-state index contributed by atoms with van der Waals surface area (Å²) in [6.45, 7) is 6.76. The molecule has 2 N–H and O–H groups in total. The van der Waals surface area contributed by atoms with Crippen LogP contribution in [0.2, 0.25) is 0 Å². The third-order valence-electron chi connectivity index (χ3n) is 5.66. The predicted octanol–water partition coefficient (Wildman–Crippen LogP) is -0.305. The second kappa shape index (κ2) is 9.71. The number of hydrogen-bond donors (Lipinski definition) is 2. The number of hydrogen-bond acceptors (Lipinski definition) is 2. The monoisotopic (exact) mass is 382 g/mol. The minimum atomic E-state index is 0.234. The number of carbonyl (C=O) groups is 1. The molecule has 0 saturated carbocycles. The third kappa shape index (κ3) is 5.81. The molecule has 1 saturated heterocycles. The summed E-state index contributed by atoms with van der Waals surface area (Å²) in [5, 5.41) is 0. The highest BCUT2D eigenvalue weighted by atomic mass is 16.2. The largest absolute Gasteiger partial charge is 0.378 e. The zero-order valence-electron chi connectivity index (χ0n) is 17.4. The molecule has 1 amide bonds. The van der Waals surface area contributed by atoms with Gasteiger partial charge in [0.1, 0.15) is 32.7 Å². The molecule has 2 aromatic carbocycles. The number of quaternary nitrogens is 2. The SMILES string of the molecule is CN(Cc1ccc(N(C)C)cc1)C(=O)C[NH+]1CC[NH+](Cc2ccccc2)CC1. The Balaban J connectivity index is 1.42. The quantitative estimate of drug-likeness (QED) is 0.689. The highest BCUT2D eigenvalue weighted by Crippen LogP contribution is 2.13. The summed E-state index contributed by atoms with van der Waals surface area (Å²) >= 11 is 0. The van der Waals surface area contributed by atoms with Gasteiger partial charge in [-0.1, -0.05) is 42.5 Å². The molecule has 28 heavy (non-hydrogen) atoms. The molecule has 1 heterocycles. The first-order chi connectivity index (χ1) is 13.5. The van der Waals surface area contributed by atoms with Crippen molar-refractivity contribution in [3.05, 3.63) is 65.7 Å². The van der Waals surface area contributed by atoms with Gasteiger partial charge in [0.15, 0.2) is 6.54 Å². The molecule has 1 fully saturated rings. The second-order valence-corrected chi connectivity index (χ2v) is 8.15. The molecule has 0 aliphatic carbocycles. The Morgan fingerprint density at radius 1 is 0.821 bits per heavy atom. The molecule has 2 aromatic rings. The fourth-order valence-corrected chi connectivity index (χ4v) is 3.81. The van der Waals surface area contributed by atoms with E-state index in [2.05, 4.69) is 59.5 Å². The average Bonchev–Trinajstić information content (AvgIpc) is 2.70. The lowest BCUT2D eigenvalue weighted by atomic mass is 10.2. The highest BCUT2D eigenvalue weighted by molar-refractivity contribution is 5.76. The van der Waals surface area contributed by atoms with Crippen LogP contribution in [0, 0.1) is 0 Å². The molecule has 0 spiro atoms. The normalized spacial score (nSPS) is 19.2. The van der Waals surface area contributed by atoms with Gasteiger partial charge in [-0.15, -0.1) is 0 Å². The third-order valence-corrected chi connectivity index (χ3v) is 5.66. The highest BCUT2D eigenvalue weighted by Gasteiger charge is 2.26. The summed E-state index contributed by atoms with van der Waals surface area (Å²) in [5.74, 6) is 0.234. The van der Waals surface area contributed by atoms with Crippen LogP contribution in [0.5, 0.6) is 0 Å². The fourth-order valence-electron chi connectivity index (χ4n) is 3.81. The number of benzene rings is 2. The Bertz CT molecular complexity index is 737. The maximum Gasteiger partial charge on any atom is 0.277 e. The van der Waals surface area contributed by atoms with E-state index < -0.39 is 0 Å². The average molecular weight is 383 g/mol. The van der Waals surface area contributed by atoms with Crippen LogP contribution in [0.3, 0.4) is 0 Å². The van der Waals surface area contributed by atoms with Crippen molar-refractivity contribution in [3.63, 3.8) is 0 Å². The van der Waals surface area contributed by atoms with Crippen molar-refractivity contribution in [1.29, 1.82) is 0 Å². The Morgan fingerprint density at radius 2 is 1.43 bits per heavy atom. The van der Waals surface area contributed by atoms with Gasteiger partial charge in [-0.2, -0.15) is 0 Å². The summed E-state index contributed by atoms with van der Waals surface area (Å²) < 4.78 is 0. The van der Waals surface area contributed by atoms with Gasteiger partial charge in [0.2, 0.25) is 0 Å². The number of rotatable bonds is 7. The maximum absolute atomic E-state index is 12.7. The van der Waals surface area contributed by atoms with Gasteiger partial charge in [0, 0.05) is 38.9 Å². The molecule has 0 bridgehead atoms. The first kappa shape index (κ1) is 20.4. The van der Waals surface area contributed by atoms with Gasteiger partial charge >= 0.3 is 0 Å². The van der Waals surface area contributed by atoms with Gasteiger partial charge in [-0.25, -0.2) is 0 Å². The van der Waals surface area contributed by atoms with E-state index in [-0.39, 0.29) is 5.91 Å². The Labute approximate surface area is 169 Å². The van der Waals surface area contributed by atoms with Crippen LogP contribution in [0.25, 0.3) is 0 Å². The molecular formula is C23H34N4O+2. The van der Waals surface area contributed by atoms with E-state index in [1.807, 2.05) is 26.0 Å². The van der Waals surface area contributed by atoms with Gasteiger partial charge < -0.3 is 19.6 Å². The minimum absolute atomic E-state index is 0.234. The number of nitrogens with zero attached hydrogens (tertiary/aromatic N) is 2. The summed E-state index contributed by atoms with van der Waals surface area (Å²) in [5.41, 5.74) is 3.75. The number of nitrogens with one attached hydrogen (secondary N) is 2. The van der Waals surface area contributed by atoms with E-state index >= 15 is 0 Å². The van der Waals surface area contributed by atoms with Crippen molar-refractivity contribution in [3.8, 4) is 0 Å². The summed E-state index contributed by atoms with van der Waals surface area (Å²) in [6, 6.07) is 19.1. The lowest BCUT2D eigenvalue weighted by Crippen LogP contribution is -3.28. The van der Waals surface area contributed by atoms with E-state index in [4.69, 9.17) is 0 Å². The number of likely N-dealkylation sites (N-methyl/N-ethyl adjacent to an activating group) is 1. The molecule has 0 radical (unpaired) electrons. The van der Waals surface area contributed by atoms with Gasteiger partial charge in [0.05, 0.1) is 0 Å². The molecule has 0 atom stereocenters. The van der Waals surface area contributed by atoms with Crippen molar-refractivity contribution < 1.29 is 14.6 Å². The Hall–Kier alpha value is -2.37. The van der Waals surface area contributed by atoms with Gasteiger partial charge in [-0.05, 0) is 17.7 Å². The van der Waals surface area contributed by atoms with Crippen LogP contribution >= 0.6 is 0 Å². The van der Waals surface area contributed by atoms with Gasteiger partial charge in [0.25, 0.3) is 5.91 Å². The summed E-state index contributed by atoms with van der Waals surface area (Å²) in [4.78, 5) is 19.6. The number of anilines is 1. The zero-order chi connectivity index (χ0) is 19.9. The topological polar surface area (TPSA) is 32.4 Å². The smallest absolute Gasteiger partial charge is 0.277 e. The zero-order valence-corrected chi connectivity index (χ0v) is 17.4. The van der Waals surface area contributed by atoms with Crippen LogP contribution in [0.15, 0.2) is 54.6 Å². The molecule has 5 heteroatoms. The molecule has 150 valence electrons. The van der Waals surface area contributed by atoms with E-state index in [1.54, 1.807) is 4.90 Å². The lowest BCUT2D eigenvalue weighted by molar-refractivity contribution is -1.02. The Kier molecular flexibility index (Phi) is 7.06. The van der Waals surface area contributed by atoms with Crippen LogP contribution in [0.4, 0.5) is 5.69 Å². The first-order valence-electron chi connectivity index (χ1n) is 10.2. The second-order valence-electron chi connectivity index (χ2n) is 8.15. The molecule has 0 aromatic heterocycles. The first-order valence-corrected chi connectivity index (χ1v) is 10.2. The van der Waals surface area contributed by atoms with Crippen molar-refractivity contribution in [2.75, 3.05) is 58.8 Å². The standard InChI is InChI=1S/C23H32N4O/c1-24(2)22-11-9-21(10-12-22)17-25(3)23(28)19-27-15-13-26(14-16-27)18-20-7-5-4-6-8-20/h4-12H,13-19H2,1-3H3/p+2. The maximum atomic E-state index is 12.7. The molecule has 0 unspecified atom stereocenters. The van der Waals surface area contributed by atoms with Gasteiger partial charge in [-0.3, -0.25) is 4.79 Å². The Morgan fingerprint density at radius 3 is 2.04 bits per heavy atom. The summed E-state index contributed by atoms with van der Waals surface area (Å²) in [6.07, 6.45) is 0. The predicted molar refractivity (Wildman–Crippen MR) is 114 cm³/mol. The summed E-state index contributed by atoms with van der Waals surface area (Å²) in [7, 11) is 5.99. The molecule has 3 rings (SSSR count). The van der Waals surface area contributed by atoms with Crippen molar-refractivity contribution >= 4 is 11.6 Å². The van der Waals surface area contributed by atoms with E-state index in [0.717, 1.165) is 32.7 Å². The molecular weight excluding hydrogens is 348 g/mol. The number of carbonyl (C=O) groups excluding carboxylic acids is 1.